The molecule has 106 valence electrons. The largest absolute Gasteiger partial charge is 0.399 e. The predicted molar refractivity (Wildman–Crippen MR) is 83.6 cm³/mol. The van der Waals surface area contributed by atoms with Crippen LogP contribution in [-0.2, 0) is 6.54 Å². The van der Waals surface area contributed by atoms with Crippen LogP contribution >= 0.6 is 11.6 Å². The van der Waals surface area contributed by atoms with Crippen molar-refractivity contribution in [2.75, 3.05) is 17.2 Å². The molecule has 0 spiro atoms. The standard InChI is InChI=1S/C16H18ClFN2/c1-2-9-20(14-7-4-6-13(19)10-14)11-12-5-3-8-15(18)16(12)17/h3-8,10H,2,9,11,19H2,1H3. The quantitative estimate of drug-likeness (QED) is 0.823. The molecule has 0 saturated heterocycles. The lowest BCUT2D eigenvalue weighted by molar-refractivity contribution is 0.624. The molecule has 0 fully saturated rings. The van der Waals surface area contributed by atoms with E-state index in [-0.39, 0.29) is 10.8 Å². The zero-order valence-corrected chi connectivity index (χ0v) is 12.2. The van der Waals surface area contributed by atoms with Gasteiger partial charge in [-0.25, -0.2) is 4.39 Å². The lowest BCUT2D eigenvalue weighted by Crippen LogP contribution is -2.23. The molecule has 0 aromatic heterocycles. The van der Waals surface area contributed by atoms with Crippen LogP contribution in [0.25, 0.3) is 0 Å². The third-order valence-corrected chi connectivity index (χ3v) is 3.54. The van der Waals surface area contributed by atoms with Gasteiger partial charge in [0.1, 0.15) is 5.82 Å². The van der Waals surface area contributed by atoms with Gasteiger partial charge in [-0.15, -0.1) is 0 Å². The summed E-state index contributed by atoms with van der Waals surface area (Å²) in [5.41, 5.74) is 8.34. The van der Waals surface area contributed by atoms with Crippen LogP contribution in [0.2, 0.25) is 5.02 Å². The third-order valence-electron chi connectivity index (χ3n) is 3.12. The Morgan fingerprint density at radius 2 is 1.95 bits per heavy atom. The molecule has 2 nitrogen and oxygen atoms in total. The van der Waals surface area contributed by atoms with Crippen molar-refractivity contribution in [3.8, 4) is 0 Å². The van der Waals surface area contributed by atoms with Crippen molar-refractivity contribution in [2.24, 2.45) is 0 Å². The SMILES string of the molecule is CCCN(Cc1cccc(F)c1Cl)c1cccc(N)c1. The number of hydrogen-bond donors (Lipinski definition) is 1. The van der Waals surface area contributed by atoms with E-state index in [0.717, 1.165) is 24.2 Å². The molecule has 0 bridgehead atoms. The Labute approximate surface area is 124 Å². The molecule has 0 heterocycles. The Balaban J connectivity index is 2.28. The first kappa shape index (κ1) is 14.7. The van der Waals surface area contributed by atoms with E-state index in [1.165, 1.54) is 6.07 Å². The number of nitrogens with zero attached hydrogens (tertiary/aromatic N) is 1. The molecule has 0 saturated carbocycles. The number of rotatable bonds is 5. The van der Waals surface area contributed by atoms with Gasteiger partial charge in [0.2, 0.25) is 0 Å². The first-order valence-corrected chi connectivity index (χ1v) is 7.03. The van der Waals surface area contributed by atoms with Crippen LogP contribution in [0.3, 0.4) is 0 Å². The highest BCUT2D eigenvalue weighted by Gasteiger charge is 2.11. The molecule has 0 aliphatic carbocycles. The van der Waals surface area contributed by atoms with Crippen molar-refractivity contribution in [3.05, 3.63) is 58.9 Å². The van der Waals surface area contributed by atoms with E-state index in [4.69, 9.17) is 17.3 Å². The maximum atomic E-state index is 13.5. The van der Waals surface area contributed by atoms with E-state index in [9.17, 15) is 4.39 Å². The van der Waals surface area contributed by atoms with E-state index in [0.29, 0.717) is 12.2 Å². The molecule has 0 atom stereocenters. The summed E-state index contributed by atoms with van der Waals surface area (Å²) in [6.07, 6.45) is 0.988. The van der Waals surface area contributed by atoms with E-state index in [2.05, 4.69) is 11.8 Å². The Morgan fingerprint density at radius 1 is 1.20 bits per heavy atom. The lowest BCUT2D eigenvalue weighted by atomic mass is 10.1. The zero-order valence-electron chi connectivity index (χ0n) is 11.4. The predicted octanol–water partition coefficient (Wildman–Crippen LogP) is 4.48. The van der Waals surface area contributed by atoms with Crippen molar-refractivity contribution in [2.45, 2.75) is 19.9 Å². The van der Waals surface area contributed by atoms with E-state index >= 15 is 0 Å². The topological polar surface area (TPSA) is 29.3 Å². The van der Waals surface area contributed by atoms with Crippen LogP contribution in [0.15, 0.2) is 42.5 Å². The minimum atomic E-state index is -0.381. The van der Waals surface area contributed by atoms with Crippen molar-refractivity contribution >= 4 is 23.0 Å². The van der Waals surface area contributed by atoms with Crippen LogP contribution in [0.1, 0.15) is 18.9 Å². The fraction of sp³-hybridized carbons (Fsp3) is 0.250. The van der Waals surface area contributed by atoms with Crippen LogP contribution in [-0.4, -0.2) is 6.54 Å². The number of halogens is 2. The second-order valence-electron chi connectivity index (χ2n) is 4.73. The lowest BCUT2D eigenvalue weighted by Gasteiger charge is -2.25. The van der Waals surface area contributed by atoms with Gasteiger partial charge in [-0.1, -0.05) is 36.7 Å². The molecule has 0 radical (unpaired) electrons. The number of hydrogen-bond acceptors (Lipinski definition) is 2. The van der Waals surface area contributed by atoms with Gasteiger partial charge < -0.3 is 10.6 Å². The fourth-order valence-corrected chi connectivity index (χ4v) is 2.35. The highest BCUT2D eigenvalue weighted by atomic mass is 35.5. The molecule has 0 amide bonds. The Hall–Kier alpha value is -1.74. The monoisotopic (exact) mass is 292 g/mol. The van der Waals surface area contributed by atoms with Crippen LogP contribution in [0.5, 0.6) is 0 Å². The summed E-state index contributed by atoms with van der Waals surface area (Å²) in [5, 5.41) is 0.192. The first-order chi connectivity index (χ1) is 9.61. The molecule has 2 rings (SSSR count). The third kappa shape index (κ3) is 3.42. The van der Waals surface area contributed by atoms with Gasteiger partial charge in [-0.05, 0) is 36.2 Å². The normalized spacial score (nSPS) is 10.6. The number of anilines is 2. The molecule has 2 aromatic rings. The molecule has 20 heavy (non-hydrogen) atoms. The molecule has 2 N–H and O–H groups in total. The average Bonchev–Trinajstić information content (AvgIpc) is 2.43. The highest BCUT2D eigenvalue weighted by Crippen LogP contribution is 2.25. The smallest absolute Gasteiger partial charge is 0.142 e. The molecule has 2 aromatic carbocycles. The molecule has 4 heteroatoms. The molecule has 0 aliphatic rings. The summed E-state index contributed by atoms with van der Waals surface area (Å²) < 4.78 is 13.5. The minimum Gasteiger partial charge on any atom is -0.399 e. The minimum absolute atomic E-state index is 0.192. The van der Waals surface area contributed by atoms with Gasteiger partial charge in [0.05, 0.1) is 5.02 Å². The van der Waals surface area contributed by atoms with Crippen molar-refractivity contribution in [1.29, 1.82) is 0 Å². The van der Waals surface area contributed by atoms with Crippen molar-refractivity contribution in [3.63, 3.8) is 0 Å². The highest BCUT2D eigenvalue weighted by molar-refractivity contribution is 6.31. The summed E-state index contributed by atoms with van der Waals surface area (Å²) in [6.45, 7) is 3.52. The maximum absolute atomic E-state index is 13.5. The Morgan fingerprint density at radius 3 is 2.65 bits per heavy atom. The van der Waals surface area contributed by atoms with Crippen molar-refractivity contribution in [1.82, 2.24) is 0 Å². The van der Waals surface area contributed by atoms with E-state index in [1.54, 1.807) is 6.07 Å². The summed E-state index contributed by atoms with van der Waals surface area (Å²) >= 11 is 6.03. The van der Waals surface area contributed by atoms with Gasteiger partial charge in [0.25, 0.3) is 0 Å². The van der Waals surface area contributed by atoms with Crippen LogP contribution < -0.4 is 10.6 Å². The van der Waals surface area contributed by atoms with Gasteiger partial charge >= 0.3 is 0 Å². The Kier molecular flexibility index (Phi) is 4.85. The van der Waals surface area contributed by atoms with E-state index < -0.39 is 0 Å². The summed E-state index contributed by atoms with van der Waals surface area (Å²) in [5.74, 6) is -0.381. The molecular formula is C16H18ClFN2. The second-order valence-corrected chi connectivity index (χ2v) is 5.11. The fourth-order valence-electron chi connectivity index (χ4n) is 2.17. The van der Waals surface area contributed by atoms with Crippen LogP contribution in [0, 0.1) is 5.82 Å². The number of nitrogen functional groups attached to an aromatic ring is 1. The molecular weight excluding hydrogens is 275 g/mol. The average molecular weight is 293 g/mol. The van der Waals surface area contributed by atoms with Gasteiger partial charge in [-0.2, -0.15) is 0 Å². The molecule has 0 unspecified atom stereocenters. The Bertz CT molecular complexity index is 586. The number of nitrogens with two attached hydrogens (primary N) is 1. The zero-order chi connectivity index (χ0) is 14.5. The van der Waals surface area contributed by atoms with Gasteiger partial charge in [0, 0.05) is 24.5 Å². The summed E-state index contributed by atoms with van der Waals surface area (Å²) in [4.78, 5) is 2.15. The maximum Gasteiger partial charge on any atom is 0.142 e. The molecule has 0 aliphatic heterocycles. The first-order valence-electron chi connectivity index (χ1n) is 6.65. The van der Waals surface area contributed by atoms with Gasteiger partial charge in [0.15, 0.2) is 0 Å². The summed E-state index contributed by atoms with van der Waals surface area (Å²) in [6, 6.07) is 12.6. The van der Waals surface area contributed by atoms with Gasteiger partial charge in [-0.3, -0.25) is 0 Å². The number of benzene rings is 2. The van der Waals surface area contributed by atoms with E-state index in [1.807, 2.05) is 30.3 Å². The second kappa shape index (κ2) is 6.62. The summed E-state index contributed by atoms with van der Waals surface area (Å²) in [7, 11) is 0. The van der Waals surface area contributed by atoms with Crippen LogP contribution in [0.4, 0.5) is 15.8 Å². The van der Waals surface area contributed by atoms with Crippen molar-refractivity contribution < 1.29 is 4.39 Å².